The van der Waals surface area contributed by atoms with Crippen LogP contribution in [0.2, 0.25) is 0 Å². The normalized spacial score (nSPS) is 24.8. The molecule has 0 saturated heterocycles. The third-order valence-corrected chi connectivity index (χ3v) is 9.02. The van der Waals surface area contributed by atoms with Crippen LogP contribution in [-0.4, -0.2) is 17.0 Å². The molecule has 0 heterocycles. The van der Waals surface area contributed by atoms with Crippen LogP contribution in [0.1, 0.15) is 108 Å². The lowest BCUT2D eigenvalue weighted by atomic mass is 9.71. The monoisotopic (exact) mass is 572 g/mol. The third kappa shape index (κ3) is 11.7. The van der Waals surface area contributed by atoms with Gasteiger partial charge in [-0.3, -0.25) is 4.79 Å². The standard InChI is InChI=1S/C40H60O2/c1-29(17-13-19-31(3)21-23-36-33(5)27-35(41)28-40(36,9)10)15-11-12-16-30(2)18-14-20-32(4)22-24-37-34(6)38(42)25-26-39(37,7)8/h11-17,20-24,29-32,35,41H,18-19,25-28H2,1-10H3/b15-11+,16-12+,17-13+,20-14+,23-21+,24-22+/t29?,30?,31?,32?,35-/m1/s1. The van der Waals surface area contributed by atoms with Crippen molar-refractivity contribution in [2.75, 3.05) is 0 Å². The second-order valence-electron chi connectivity index (χ2n) is 14.5. The summed E-state index contributed by atoms with van der Waals surface area (Å²) >= 11 is 0. The highest BCUT2D eigenvalue weighted by Gasteiger charge is 2.32. The van der Waals surface area contributed by atoms with Crippen molar-refractivity contribution in [1.29, 1.82) is 0 Å². The summed E-state index contributed by atoms with van der Waals surface area (Å²) in [4.78, 5) is 12.2. The molecule has 0 saturated carbocycles. The lowest BCUT2D eigenvalue weighted by Gasteiger charge is -2.35. The number of allylic oxidation sites excluding steroid dienone is 15. The van der Waals surface area contributed by atoms with Crippen LogP contribution in [0.25, 0.3) is 0 Å². The van der Waals surface area contributed by atoms with Crippen LogP contribution in [0.3, 0.4) is 0 Å². The first-order valence-corrected chi connectivity index (χ1v) is 16.3. The number of ketones is 1. The van der Waals surface area contributed by atoms with Gasteiger partial charge >= 0.3 is 0 Å². The number of carbonyl (C=O) groups is 1. The fourth-order valence-electron chi connectivity index (χ4n) is 6.24. The van der Waals surface area contributed by atoms with E-state index in [1.54, 1.807) is 0 Å². The molecule has 2 nitrogen and oxygen atoms in total. The minimum atomic E-state index is -0.208. The number of rotatable bonds is 13. The second kappa shape index (κ2) is 16.4. The van der Waals surface area contributed by atoms with E-state index in [2.05, 4.69) is 135 Å². The highest BCUT2D eigenvalue weighted by atomic mass is 16.3. The molecule has 0 bridgehead atoms. The Balaban J connectivity index is 1.76. The van der Waals surface area contributed by atoms with E-state index in [-0.39, 0.29) is 16.9 Å². The Morgan fingerprint density at radius 1 is 0.762 bits per heavy atom. The molecule has 1 N–H and O–H groups in total. The zero-order valence-electron chi connectivity index (χ0n) is 28.4. The minimum Gasteiger partial charge on any atom is -0.393 e. The molecule has 0 spiro atoms. The average Bonchev–Trinajstić information content (AvgIpc) is 2.87. The molecular formula is C40H60O2. The number of aliphatic hydroxyl groups excluding tert-OH is 1. The summed E-state index contributed by atoms with van der Waals surface area (Å²) in [6.07, 6.45) is 32.2. The molecule has 2 heteroatoms. The van der Waals surface area contributed by atoms with Gasteiger partial charge in [0, 0.05) is 6.42 Å². The molecule has 0 amide bonds. The van der Waals surface area contributed by atoms with Gasteiger partial charge in [0.1, 0.15) is 0 Å². The van der Waals surface area contributed by atoms with Crippen LogP contribution in [0.15, 0.2) is 95.2 Å². The van der Waals surface area contributed by atoms with Crippen LogP contribution in [0.5, 0.6) is 0 Å². The van der Waals surface area contributed by atoms with Crippen LogP contribution >= 0.6 is 0 Å². The van der Waals surface area contributed by atoms with Crippen molar-refractivity contribution in [3.8, 4) is 0 Å². The maximum absolute atomic E-state index is 12.2. The Kier molecular flexibility index (Phi) is 14.0. The summed E-state index contributed by atoms with van der Waals surface area (Å²) in [6.45, 7) is 22.1. The molecule has 0 aromatic carbocycles. The van der Waals surface area contributed by atoms with Crippen molar-refractivity contribution in [3.05, 3.63) is 95.2 Å². The second-order valence-corrected chi connectivity index (χ2v) is 14.5. The Hall–Kier alpha value is -2.45. The summed E-state index contributed by atoms with van der Waals surface area (Å²) in [5, 5.41) is 10.1. The van der Waals surface area contributed by atoms with E-state index in [1.807, 2.05) is 6.92 Å². The number of carbonyl (C=O) groups excluding carboxylic acids is 1. The molecule has 2 rings (SSSR count). The van der Waals surface area contributed by atoms with Gasteiger partial charge in [-0.25, -0.2) is 0 Å². The van der Waals surface area contributed by atoms with Crippen LogP contribution in [0.4, 0.5) is 0 Å². The van der Waals surface area contributed by atoms with Crippen molar-refractivity contribution < 1.29 is 9.90 Å². The predicted octanol–water partition coefficient (Wildman–Crippen LogP) is 10.9. The van der Waals surface area contributed by atoms with E-state index in [1.165, 1.54) is 16.7 Å². The highest BCUT2D eigenvalue weighted by molar-refractivity contribution is 5.97. The summed E-state index contributed by atoms with van der Waals surface area (Å²) in [6, 6.07) is 0. The molecule has 2 aliphatic carbocycles. The zero-order valence-corrected chi connectivity index (χ0v) is 28.4. The van der Waals surface area contributed by atoms with Crippen LogP contribution < -0.4 is 0 Å². The van der Waals surface area contributed by atoms with Crippen LogP contribution in [-0.2, 0) is 4.79 Å². The summed E-state index contributed by atoms with van der Waals surface area (Å²) in [7, 11) is 0. The Morgan fingerprint density at radius 3 is 1.93 bits per heavy atom. The molecule has 42 heavy (non-hydrogen) atoms. The molecule has 0 fully saturated rings. The van der Waals surface area contributed by atoms with Gasteiger partial charge in [-0.2, -0.15) is 0 Å². The third-order valence-electron chi connectivity index (χ3n) is 9.02. The first kappa shape index (κ1) is 35.7. The summed E-state index contributed by atoms with van der Waals surface area (Å²) < 4.78 is 0. The van der Waals surface area contributed by atoms with Gasteiger partial charge in [0.2, 0.25) is 0 Å². The lowest BCUT2D eigenvalue weighted by molar-refractivity contribution is -0.116. The van der Waals surface area contributed by atoms with Crippen molar-refractivity contribution in [2.24, 2.45) is 34.5 Å². The summed E-state index contributed by atoms with van der Waals surface area (Å²) in [5.41, 5.74) is 4.97. The average molecular weight is 573 g/mol. The molecule has 0 radical (unpaired) electrons. The van der Waals surface area contributed by atoms with Gasteiger partial charge in [0.15, 0.2) is 5.78 Å². The van der Waals surface area contributed by atoms with E-state index < -0.39 is 0 Å². The van der Waals surface area contributed by atoms with Gasteiger partial charge < -0.3 is 5.11 Å². The molecule has 2 aliphatic rings. The zero-order chi connectivity index (χ0) is 31.5. The van der Waals surface area contributed by atoms with Crippen molar-refractivity contribution >= 4 is 5.78 Å². The van der Waals surface area contributed by atoms with E-state index in [0.717, 1.165) is 37.7 Å². The van der Waals surface area contributed by atoms with Gasteiger partial charge in [0.05, 0.1) is 6.10 Å². The molecule has 232 valence electrons. The molecule has 5 atom stereocenters. The van der Waals surface area contributed by atoms with E-state index in [0.29, 0.717) is 35.9 Å². The van der Waals surface area contributed by atoms with Gasteiger partial charge in [-0.05, 0) is 97.2 Å². The molecular weight excluding hydrogens is 512 g/mol. The van der Waals surface area contributed by atoms with Crippen molar-refractivity contribution in [1.82, 2.24) is 0 Å². The minimum absolute atomic E-state index is 0.0388. The molecule has 0 aromatic rings. The number of Topliss-reactive ketones (excluding diaryl/α,β-unsaturated/α-hetero) is 1. The fourth-order valence-corrected chi connectivity index (χ4v) is 6.24. The first-order valence-electron chi connectivity index (χ1n) is 16.3. The SMILES string of the molecule is CC1=C(/C=C/C(C)C/C=C/C(C)/C=C/C=C/C(C)C/C=C/C(C)/C=C/C2=C(C)C(=O)CCC2(C)C)C(C)(C)C[C@H](O)C1. The quantitative estimate of drug-likeness (QED) is 0.176. The first-order chi connectivity index (χ1) is 19.6. The number of hydrogen-bond donors (Lipinski definition) is 1. The topological polar surface area (TPSA) is 37.3 Å². The van der Waals surface area contributed by atoms with Gasteiger partial charge in [0.25, 0.3) is 0 Å². The van der Waals surface area contributed by atoms with Crippen molar-refractivity contribution in [2.45, 2.75) is 114 Å². The largest absolute Gasteiger partial charge is 0.393 e. The maximum atomic E-state index is 12.2. The highest BCUT2D eigenvalue weighted by Crippen LogP contribution is 2.41. The van der Waals surface area contributed by atoms with Gasteiger partial charge in [-0.15, -0.1) is 0 Å². The molecule has 0 aromatic heterocycles. The smallest absolute Gasteiger partial charge is 0.158 e. The Labute approximate surface area is 258 Å². The number of aliphatic hydroxyl groups is 1. The fraction of sp³-hybridized carbons (Fsp3) is 0.575. The van der Waals surface area contributed by atoms with E-state index in [9.17, 15) is 9.90 Å². The molecule has 4 unspecified atom stereocenters. The van der Waals surface area contributed by atoms with Crippen LogP contribution in [0, 0.1) is 34.5 Å². The van der Waals surface area contributed by atoms with Crippen molar-refractivity contribution in [3.63, 3.8) is 0 Å². The van der Waals surface area contributed by atoms with E-state index in [4.69, 9.17) is 0 Å². The Bertz CT molecular complexity index is 1140. The van der Waals surface area contributed by atoms with Gasteiger partial charge in [-0.1, -0.05) is 134 Å². The lowest BCUT2D eigenvalue weighted by Crippen LogP contribution is -2.28. The number of hydrogen-bond acceptors (Lipinski definition) is 2. The summed E-state index contributed by atoms with van der Waals surface area (Å²) in [5.74, 6) is 2.01. The maximum Gasteiger partial charge on any atom is 0.158 e. The predicted molar refractivity (Wildman–Crippen MR) is 183 cm³/mol. The Morgan fingerprint density at radius 2 is 1.31 bits per heavy atom. The molecule has 0 aliphatic heterocycles. The van der Waals surface area contributed by atoms with E-state index >= 15 is 0 Å².